The van der Waals surface area contributed by atoms with Gasteiger partial charge in [0.2, 0.25) is 0 Å². The zero-order valence-electron chi connectivity index (χ0n) is 12.7. The van der Waals surface area contributed by atoms with Gasteiger partial charge in [-0.25, -0.2) is 4.39 Å². The molecule has 1 aromatic heterocycles. The number of hydrogen-bond acceptors (Lipinski definition) is 3. The van der Waals surface area contributed by atoms with E-state index in [1.165, 1.54) is 6.07 Å². The van der Waals surface area contributed by atoms with Crippen molar-refractivity contribution in [1.82, 2.24) is 0 Å². The Kier molecular flexibility index (Phi) is 5.39. The number of nitrogens with two attached hydrogens (primary N) is 1. The first-order valence-electron chi connectivity index (χ1n) is 7.46. The van der Waals surface area contributed by atoms with Crippen molar-refractivity contribution in [1.29, 1.82) is 0 Å². The summed E-state index contributed by atoms with van der Waals surface area (Å²) in [5, 5.41) is 0. The Balaban J connectivity index is 2.30. The second kappa shape index (κ2) is 7.27. The topological polar surface area (TPSA) is 42.4 Å². The van der Waals surface area contributed by atoms with Crippen LogP contribution in [-0.2, 0) is 13.0 Å². The van der Waals surface area contributed by atoms with Gasteiger partial charge in [-0.15, -0.1) is 0 Å². The first-order valence-corrected chi connectivity index (χ1v) is 7.46. The van der Waals surface area contributed by atoms with Crippen molar-refractivity contribution < 1.29 is 8.81 Å². The van der Waals surface area contributed by atoms with Crippen LogP contribution < -0.4 is 10.6 Å². The van der Waals surface area contributed by atoms with Crippen molar-refractivity contribution >= 4 is 5.69 Å². The highest BCUT2D eigenvalue weighted by Crippen LogP contribution is 2.27. The first kappa shape index (κ1) is 15.6. The van der Waals surface area contributed by atoms with Crippen LogP contribution in [0, 0.1) is 5.82 Å². The number of anilines is 1. The zero-order chi connectivity index (χ0) is 15.2. The molecule has 4 heteroatoms. The number of furan rings is 1. The summed E-state index contributed by atoms with van der Waals surface area (Å²) in [7, 11) is 0. The molecular weight excluding hydrogens is 267 g/mol. The van der Waals surface area contributed by atoms with E-state index in [-0.39, 0.29) is 11.9 Å². The second-order valence-corrected chi connectivity index (χ2v) is 5.21. The van der Waals surface area contributed by atoms with Gasteiger partial charge in [0.05, 0.1) is 18.5 Å². The van der Waals surface area contributed by atoms with Gasteiger partial charge >= 0.3 is 0 Å². The van der Waals surface area contributed by atoms with Crippen molar-refractivity contribution in [2.45, 2.75) is 39.3 Å². The van der Waals surface area contributed by atoms with Crippen LogP contribution in [0.4, 0.5) is 10.1 Å². The predicted octanol–water partition coefficient (Wildman–Crippen LogP) is 3.73. The average molecular weight is 290 g/mol. The standard InChI is InChI=1S/C17H23FN2O/c1-3-14(19)11-13-7-5-9-16(18)17(13)20(4-2)12-15-8-6-10-21-15/h5-10,14H,3-4,11-12,19H2,1-2H3. The quantitative estimate of drug-likeness (QED) is 0.845. The van der Waals surface area contributed by atoms with Crippen molar-refractivity contribution in [3.8, 4) is 0 Å². The second-order valence-electron chi connectivity index (χ2n) is 5.21. The van der Waals surface area contributed by atoms with Gasteiger partial charge in [0.15, 0.2) is 0 Å². The van der Waals surface area contributed by atoms with E-state index >= 15 is 0 Å². The Labute approximate surface area is 125 Å². The molecule has 0 fully saturated rings. The molecule has 2 N–H and O–H groups in total. The third kappa shape index (κ3) is 3.85. The van der Waals surface area contributed by atoms with Gasteiger partial charge in [-0.1, -0.05) is 19.1 Å². The Morgan fingerprint density at radius 2 is 2.05 bits per heavy atom. The smallest absolute Gasteiger partial charge is 0.146 e. The largest absolute Gasteiger partial charge is 0.467 e. The van der Waals surface area contributed by atoms with Gasteiger partial charge < -0.3 is 15.1 Å². The maximum Gasteiger partial charge on any atom is 0.146 e. The summed E-state index contributed by atoms with van der Waals surface area (Å²) >= 11 is 0. The minimum atomic E-state index is -0.204. The lowest BCUT2D eigenvalue weighted by Crippen LogP contribution is -2.27. The molecule has 2 aromatic rings. The monoisotopic (exact) mass is 290 g/mol. The van der Waals surface area contributed by atoms with E-state index in [4.69, 9.17) is 10.2 Å². The number of halogens is 1. The van der Waals surface area contributed by atoms with Crippen LogP contribution in [0.5, 0.6) is 0 Å². The van der Waals surface area contributed by atoms with Crippen molar-refractivity contribution in [2.75, 3.05) is 11.4 Å². The highest BCUT2D eigenvalue weighted by atomic mass is 19.1. The molecule has 0 spiro atoms. The summed E-state index contributed by atoms with van der Waals surface area (Å²) in [5.74, 6) is 0.620. The lowest BCUT2D eigenvalue weighted by atomic mass is 10.0. The fourth-order valence-corrected chi connectivity index (χ4v) is 2.45. The molecule has 0 aliphatic heterocycles. The van der Waals surface area contributed by atoms with E-state index in [0.717, 1.165) is 17.7 Å². The molecule has 1 heterocycles. The highest BCUT2D eigenvalue weighted by molar-refractivity contribution is 5.55. The third-order valence-electron chi connectivity index (χ3n) is 3.70. The minimum absolute atomic E-state index is 0.0490. The minimum Gasteiger partial charge on any atom is -0.467 e. The molecule has 0 radical (unpaired) electrons. The maximum atomic E-state index is 14.4. The maximum absolute atomic E-state index is 14.4. The Morgan fingerprint density at radius 3 is 2.67 bits per heavy atom. The van der Waals surface area contributed by atoms with Crippen LogP contribution in [0.25, 0.3) is 0 Å². The molecule has 1 unspecified atom stereocenters. The normalized spacial score (nSPS) is 12.4. The van der Waals surface area contributed by atoms with Crippen molar-refractivity contribution in [2.24, 2.45) is 5.73 Å². The molecule has 0 saturated carbocycles. The number of rotatable bonds is 7. The Hall–Kier alpha value is -1.81. The number of benzene rings is 1. The van der Waals surface area contributed by atoms with Crippen LogP contribution in [0.1, 0.15) is 31.6 Å². The zero-order valence-corrected chi connectivity index (χ0v) is 12.7. The lowest BCUT2D eigenvalue weighted by Gasteiger charge is -2.26. The van der Waals surface area contributed by atoms with Crippen molar-refractivity contribution in [3.05, 3.63) is 53.7 Å². The fourth-order valence-electron chi connectivity index (χ4n) is 2.45. The lowest BCUT2D eigenvalue weighted by molar-refractivity contribution is 0.500. The highest BCUT2D eigenvalue weighted by Gasteiger charge is 2.17. The van der Waals surface area contributed by atoms with Gasteiger partial charge in [-0.2, -0.15) is 0 Å². The molecule has 1 atom stereocenters. The molecule has 1 aromatic carbocycles. The first-order chi connectivity index (χ1) is 10.2. The molecule has 2 rings (SSSR count). The van der Waals surface area contributed by atoms with E-state index in [1.54, 1.807) is 12.3 Å². The average Bonchev–Trinajstić information content (AvgIpc) is 2.98. The molecule has 0 amide bonds. The molecule has 0 aliphatic rings. The van der Waals surface area contributed by atoms with Crippen LogP contribution >= 0.6 is 0 Å². The van der Waals surface area contributed by atoms with E-state index in [2.05, 4.69) is 0 Å². The molecule has 0 aliphatic carbocycles. The summed E-state index contributed by atoms with van der Waals surface area (Å²) in [4.78, 5) is 1.99. The SMILES string of the molecule is CCC(N)Cc1cccc(F)c1N(CC)Cc1ccco1. The molecule has 0 saturated heterocycles. The van der Waals surface area contributed by atoms with Gasteiger partial charge in [0.1, 0.15) is 11.6 Å². The van der Waals surface area contributed by atoms with Crippen LogP contribution in [0.2, 0.25) is 0 Å². The summed E-state index contributed by atoms with van der Waals surface area (Å²) in [6.45, 7) is 5.32. The summed E-state index contributed by atoms with van der Waals surface area (Å²) in [5.41, 5.74) is 7.64. The van der Waals surface area contributed by atoms with E-state index in [1.807, 2.05) is 36.9 Å². The third-order valence-corrected chi connectivity index (χ3v) is 3.70. The number of nitrogens with zero attached hydrogens (tertiary/aromatic N) is 1. The molecule has 3 nitrogen and oxygen atoms in total. The van der Waals surface area contributed by atoms with Gasteiger partial charge in [-0.3, -0.25) is 0 Å². The Morgan fingerprint density at radius 1 is 1.24 bits per heavy atom. The molecule has 0 bridgehead atoms. The molecule has 114 valence electrons. The molecular formula is C17H23FN2O. The summed E-state index contributed by atoms with van der Waals surface area (Å²) in [6, 6.07) is 9.00. The summed E-state index contributed by atoms with van der Waals surface area (Å²) < 4.78 is 19.7. The fraction of sp³-hybridized carbons (Fsp3) is 0.412. The predicted molar refractivity (Wildman–Crippen MR) is 83.8 cm³/mol. The van der Waals surface area contributed by atoms with Gasteiger partial charge in [-0.05, 0) is 43.5 Å². The van der Waals surface area contributed by atoms with E-state index < -0.39 is 0 Å². The van der Waals surface area contributed by atoms with Gasteiger partial charge in [0.25, 0.3) is 0 Å². The molecule has 21 heavy (non-hydrogen) atoms. The van der Waals surface area contributed by atoms with Gasteiger partial charge in [0, 0.05) is 12.6 Å². The van der Waals surface area contributed by atoms with E-state index in [9.17, 15) is 4.39 Å². The van der Waals surface area contributed by atoms with Crippen molar-refractivity contribution in [3.63, 3.8) is 0 Å². The number of hydrogen-bond donors (Lipinski definition) is 1. The Bertz CT molecular complexity index is 554. The van der Waals surface area contributed by atoms with Crippen LogP contribution in [0.3, 0.4) is 0 Å². The number of para-hydroxylation sites is 1. The summed E-state index contributed by atoms with van der Waals surface area (Å²) in [6.07, 6.45) is 3.19. The van der Waals surface area contributed by atoms with E-state index in [0.29, 0.717) is 25.2 Å². The van der Waals surface area contributed by atoms with Crippen LogP contribution in [-0.4, -0.2) is 12.6 Å². The van der Waals surface area contributed by atoms with Crippen LogP contribution in [0.15, 0.2) is 41.0 Å².